The fraction of sp³-hybridized carbons (Fsp3) is 0.500. The number of anilines is 2. The summed E-state index contributed by atoms with van der Waals surface area (Å²) in [5.74, 6) is 0.421. The molecule has 2 aliphatic rings. The van der Waals surface area contributed by atoms with Crippen molar-refractivity contribution in [2.45, 2.75) is 26.3 Å². The van der Waals surface area contributed by atoms with Crippen LogP contribution in [0.3, 0.4) is 0 Å². The van der Waals surface area contributed by atoms with Crippen LogP contribution < -0.4 is 10.2 Å². The number of hydrogen-bond acceptors (Lipinski definition) is 7. The average Bonchev–Trinajstić information content (AvgIpc) is 3.45. The van der Waals surface area contributed by atoms with Gasteiger partial charge in [0.2, 0.25) is 0 Å². The summed E-state index contributed by atoms with van der Waals surface area (Å²) in [6.07, 6.45) is 2.25. The van der Waals surface area contributed by atoms with Gasteiger partial charge in [-0.3, -0.25) is 4.90 Å². The normalized spacial score (nSPS) is 17.1. The molecule has 31 heavy (non-hydrogen) atoms. The van der Waals surface area contributed by atoms with Crippen LogP contribution in [0.1, 0.15) is 34.7 Å². The third-order valence-corrected chi connectivity index (χ3v) is 5.82. The molecule has 0 aliphatic carbocycles. The van der Waals surface area contributed by atoms with Gasteiger partial charge in [-0.1, -0.05) is 5.16 Å². The van der Waals surface area contributed by atoms with E-state index in [4.69, 9.17) is 9.26 Å². The molecule has 9 nitrogen and oxygen atoms in total. The van der Waals surface area contributed by atoms with Crippen molar-refractivity contribution in [3.63, 3.8) is 0 Å². The Bertz CT molecular complexity index is 930. The Hall–Kier alpha value is -3.07. The second-order valence-electron chi connectivity index (χ2n) is 8.05. The summed E-state index contributed by atoms with van der Waals surface area (Å²) >= 11 is 0. The molecule has 1 aromatic heterocycles. The molecule has 2 saturated heterocycles. The average molecular weight is 428 g/mol. The highest BCUT2D eigenvalue weighted by Gasteiger charge is 2.24. The molecule has 4 rings (SSSR count). The van der Waals surface area contributed by atoms with Gasteiger partial charge in [0.25, 0.3) is 0 Å². The number of urea groups is 1. The van der Waals surface area contributed by atoms with Gasteiger partial charge in [0, 0.05) is 45.3 Å². The van der Waals surface area contributed by atoms with Crippen molar-refractivity contribution in [2.75, 3.05) is 56.6 Å². The summed E-state index contributed by atoms with van der Waals surface area (Å²) in [6, 6.07) is 7.13. The van der Waals surface area contributed by atoms with E-state index in [9.17, 15) is 9.59 Å². The molecule has 2 aromatic rings. The van der Waals surface area contributed by atoms with E-state index in [1.807, 2.05) is 19.1 Å². The molecular formula is C22H29N5O4. The molecule has 0 radical (unpaired) electrons. The molecule has 0 unspecified atom stereocenters. The molecule has 2 fully saturated rings. The highest BCUT2D eigenvalue weighted by atomic mass is 16.5. The van der Waals surface area contributed by atoms with Gasteiger partial charge in [-0.2, -0.15) is 0 Å². The summed E-state index contributed by atoms with van der Waals surface area (Å²) in [7, 11) is 1.36. The highest BCUT2D eigenvalue weighted by Crippen LogP contribution is 2.30. The number of ether oxygens (including phenoxy) is 1. The van der Waals surface area contributed by atoms with E-state index >= 15 is 0 Å². The Kier molecular flexibility index (Phi) is 6.41. The Morgan fingerprint density at radius 3 is 2.48 bits per heavy atom. The van der Waals surface area contributed by atoms with Crippen LogP contribution in [-0.2, 0) is 11.3 Å². The maximum Gasteiger partial charge on any atom is 0.337 e. The third-order valence-electron chi connectivity index (χ3n) is 5.82. The molecule has 0 saturated carbocycles. The predicted molar refractivity (Wildman–Crippen MR) is 116 cm³/mol. The predicted octanol–water partition coefficient (Wildman–Crippen LogP) is 2.72. The number of aryl methyl sites for hydroxylation is 1. The van der Waals surface area contributed by atoms with Crippen LogP contribution in [0.25, 0.3) is 0 Å². The van der Waals surface area contributed by atoms with Gasteiger partial charge in [0.1, 0.15) is 0 Å². The Balaban J connectivity index is 1.41. The van der Waals surface area contributed by atoms with E-state index in [-0.39, 0.29) is 6.03 Å². The molecule has 2 aliphatic heterocycles. The minimum Gasteiger partial charge on any atom is -0.465 e. The lowest BCUT2D eigenvalue weighted by molar-refractivity contribution is 0.0600. The summed E-state index contributed by atoms with van der Waals surface area (Å²) in [5.41, 5.74) is 2.89. The number of amides is 2. The number of benzene rings is 1. The largest absolute Gasteiger partial charge is 0.465 e. The lowest BCUT2D eigenvalue weighted by atomic mass is 10.1. The van der Waals surface area contributed by atoms with Crippen LogP contribution in [0.2, 0.25) is 0 Å². The molecule has 3 heterocycles. The number of hydrogen-bond donors (Lipinski definition) is 1. The molecule has 9 heteroatoms. The summed E-state index contributed by atoms with van der Waals surface area (Å²) < 4.78 is 10.1. The first-order valence-electron chi connectivity index (χ1n) is 10.7. The number of nitrogens with zero attached hydrogens (tertiary/aromatic N) is 4. The zero-order valence-corrected chi connectivity index (χ0v) is 18.1. The number of nitrogens with one attached hydrogen (secondary N) is 1. The van der Waals surface area contributed by atoms with E-state index in [0.29, 0.717) is 30.9 Å². The zero-order valence-electron chi connectivity index (χ0n) is 18.1. The highest BCUT2D eigenvalue weighted by molar-refractivity contribution is 5.97. The Morgan fingerprint density at radius 2 is 1.84 bits per heavy atom. The number of aromatic nitrogens is 1. The first-order valence-corrected chi connectivity index (χ1v) is 10.7. The van der Waals surface area contributed by atoms with E-state index in [1.165, 1.54) is 7.11 Å². The van der Waals surface area contributed by atoms with Gasteiger partial charge in [-0.15, -0.1) is 0 Å². The van der Waals surface area contributed by atoms with Gasteiger partial charge >= 0.3 is 12.0 Å². The fourth-order valence-electron chi connectivity index (χ4n) is 4.13. The fourth-order valence-corrected chi connectivity index (χ4v) is 4.13. The quantitative estimate of drug-likeness (QED) is 0.734. The number of esters is 1. The van der Waals surface area contributed by atoms with E-state index in [1.54, 1.807) is 17.0 Å². The standard InChI is InChI=1S/C22H29N5O4/c1-16-13-18(31-24-16)15-25-9-11-27(12-10-25)22(29)23-19-14-17(21(28)30-2)5-6-20(19)26-7-3-4-8-26/h5-6,13-14H,3-4,7-12,15H2,1-2H3,(H,23,29). The second kappa shape index (κ2) is 9.38. The third kappa shape index (κ3) is 4.99. The second-order valence-corrected chi connectivity index (χ2v) is 8.05. The number of piperazine rings is 1. The van der Waals surface area contributed by atoms with Gasteiger partial charge in [-0.25, -0.2) is 9.59 Å². The van der Waals surface area contributed by atoms with E-state index in [0.717, 1.165) is 56.2 Å². The van der Waals surface area contributed by atoms with Crippen molar-refractivity contribution in [3.8, 4) is 0 Å². The topological polar surface area (TPSA) is 91.2 Å². The zero-order chi connectivity index (χ0) is 21.8. The van der Waals surface area contributed by atoms with Crippen LogP contribution in [-0.4, -0.2) is 73.3 Å². The Labute approximate surface area is 181 Å². The minimum absolute atomic E-state index is 0.155. The maximum atomic E-state index is 13.0. The van der Waals surface area contributed by atoms with Gasteiger partial charge in [-0.05, 0) is 38.0 Å². The van der Waals surface area contributed by atoms with Gasteiger partial charge < -0.3 is 24.4 Å². The van der Waals surface area contributed by atoms with Gasteiger partial charge in [0.15, 0.2) is 5.76 Å². The monoisotopic (exact) mass is 427 g/mol. The van der Waals surface area contributed by atoms with Crippen LogP contribution in [0.15, 0.2) is 28.8 Å². The lowest BCUT2D eigenvalue weighted by Crippen LogP contribution is -2.49. The van der Waals surface area contributed by atoms with E-state index < -0.39 is 5.97 Å². The van der Waals surface area contributed by atoms with Crippen molar-refractivity contribution >= 4 is 23.4 Å². The molecule has 166 valence electrons. The SMILES string of the molecule is COC(=O)c1ccc(N2CCCC2)c(NC(=O)N2CCN(Cc3cc(C)no3)CC2)c1. The van der Waals surface area contributed by atoms with Crippen LogP contribution >= 0.6 is 0 Å². The Morgan fingerprint density at radius 1 is 1.10 bits per heavy atom. The smallest absolute Gasteiger partial charge is 0.337 e. The molecule has 2 amide bonds. The molecule has 1 N–H and O–H groups in total. The maximum absolute atomic E-state index is 13.0. The summed E-state index contributed by atoms with van der Waals surface area (Å²) in [5, 5.41) is 6.96. The van der Waals surface area contributed by atoms with Crippen molar-refractivity contribution in [2.24, 2.45) is 0 Å². The first kappa shape index (κ1) is 21.2. The molecule has 0 spiro atoms. The molecule has 0 atom stereocenters. The van der Waals surface area contributed by atoms with Crippen molar-refractivity contribution in [3.05, 3.63) is 41.3 Å². The number of carbonyl (C=O) groups is 2. The lowest BCUT2D eigenvalue weighted by Gasteiger charge is -2.34. The van der Waals surface area contributed by atoms with E-state index in [2.05, 4.69) is 20.3 Å². The minimum atomic E-state index is -0.417. The van der Waals surface area contributed by atoms with Crippen molar-refractivity contribution < 1.29 is 18.8 Å². The number of methoxy groups -OCH3 is 1. The summed E-state index contributed by atoms with van der Waals surface area (Å²) in [4.78, 5) is 31.3. The van der Waals surface area contributed by atoms with Crippen LogP contribution in [0.4, 0.5) is 16.2 Å². The molecule has 0 bridgehead atoms. The number of rotatable bonds is 5. The van der Waals surface area contributed by atoms with Crippen molar-refractivity contribution in [1.82, 2.24) is 15.0 Å². The van der Waals surface area contributed by atoms with Crippen LogP contribution in [0.5, 0.6) is 0 Å². The van der Waals surface area contributed by atoms with Crippen LogP contribution in [0, 0.1) is 6.92 Å². The van der Waals surface area contributed by atoms with Gasteiger partial charge in [0.05, 0.1) is 36.3 Å². The molecule has 1 aromatic carbocycles. The molecular weight excluding hydrogens is 398 g/mol. The number of carbonyl (C=O) groups excluding carboxylic acids is 2. The first-order chi connectivity index (χ1) is 15.0. The summed E-state index contributed by atoms with van der Waals surface area (Å²) in [6.45, 7) is 7.24. The van der Waals surface area contributed by atoms with Crippen molar-refractivity contribution in [1.29, 1.82) is 0 Å².